The molecule has 5 nitrogen and oxygen atoms in total. The maximum absolute atomic E-state index is 12.0. The number of allylic oxidation sites excluding steroid dienone is 1. The van der Waals surface area contributed by atoms with E-state index in [0.29, 0.717) is 17.5 Å². The molecule has 134 valence electrons. The number of rotatable bonds is 6. The molecule has 0 aliphatic heterocycles. The Kier molecular flexibility index (Phi) is 5.31. The number of nitrogens with one attached hydrogen (secondary N) is 1. The van der Waals surface area contributed by atoms with Gasteiger partial charge in [-0.2, -0.15) is 0 Å². The van der Waals surface area contributed by atoms with Gasteiger partial charge in [-0.1, -0.05) is 12.6 Å². The number of benzene rings is 1. The second-order valence-electron chi connectivity index (χ2n) is 6.95. The molecule has 1 aromatic rings. The van der Waals surface area contributed by atoms with Crippen molar-refractivity contribution in [2.24, 2.45) is 5.92 Å². The van der Waals surface area contributed by atoms with E-state index >= 15 is 0 Å². The van der Waals surface area contributed by atoms with Crippen LogP contribution in [0, 0.1) is 5.92 Å². The first-order chi connectivity index (χ1) is 12.0. The predicted molar refractivity (Wildman–Crippen MR) is 95.9 cm³/mol. The average Bonchev–Trinajstić information content (AvgIpc) is 3.40. The van der Waals surface area contributed by atoms with E-state index in [1.165, 1.54) is 31.1 Å². The minimum Gasteiger partial charge on any atom is -0.504 e. The molecule has 0 heterocycles. The predicted octanol–water partition coefficient (Wildman–Crippen LogP) is 3.48. The summed E-state index contributed by atoms with van der Waals surface area (Å²) < 4.78 is 5.56. The fourth-order valence-corrected chi connectivity index (χ4v) is 3.19. The Morgan fingerprint density at radius 3 is 2.72 bits per heavy atom. The first-order valence-corrected chi connectivity index (χ1v) is 8.87. The average molecular weight is 343 g/mol. The minimum absolute atomic E-state index is 0.0816. The molecule has 2 saturated carbocycles. The molecule has 25 heavy (non-hydrogen) atoms. The van der Waals surface area contributed by atoms with Crippen LogP contribution in [0.4, 0.5) is 0 Å². The van der Waals surface area contributed by atoms with E-state index in [1.54, 1.807) is 12.1 Å². The Balaban J connectivity index is 1.50. The summed E-state index contributed by atoms with van der Waals surface area (Å²) in [5.74, 6) is -0.426. The van der Waals surface area contributed by atoms with Crippen molar-refractivity contribution in [3.63, 3.8) is 0 Å². The summed E-state index contributed by atoms with van der Waals surface area (Å²) in [5.41, 5.74) is 1.70. The maximum atomic E-state index is 12.0. The summed E-state index contributed by atoms with van der Waals surface area (Å²) in [6.07, 6.45) is 9.11. The highest BCUT2D eigenvalue weighted by molar-refractivity contribution is 5.87. The molecule has 3 rings (SSSR count). The Bertz CT molecular complexity index is 678. The topological polar surface area (TPSA) is 78.8 Å². The van der Waals surface area contributed by atoms with Crippen molar-refractivity contribution in [2.45, 2.75) is 50.7 Å². The van der Waals surface area contributed by atoms with Crippen LogP contribution in [0.1, 0.15) is 44.1 Å². The van der Waals surface area contributed by atoms with Gasteiger partial charge in [-0.05, 0) is 62.3 Å². The Labute approximate surface area is 148 Å². The van der Waals surface area contributed by atoms with Gasteiger partial charge in [-0.15, -0.1) is 0 Å². The van der Waals surface area contributed by atoms with Gasteiger partial charge in [0.2, 0.25) is 0 Å². The van der Waals surface area contributed by atoms with Crippen LogP contribution in [0.25, 0.3) is 6.08 Å². The summed E-state index contributed by atoms with van der Waals surface area (Å²) in [5, 5.41) is 22.2. The normalized spacial score (nSPS) is 23.4. The molecule has 2 fully saturated rings. The molecule has 3 N–H and O–H groups in total. The summed E-state index contributed by atoms with van der Waals surface area (Å²) in [4.78, 5) is 12.0. The van der Waals surface area contributed by atoms with E-state index in [4.69, 9.17) is 4.74 Å². The first-order valence-electron chi connectivity index (χ1n) is 8.87. The molecule has 2 unspecified atom stereocenters. The van der Waals surface area contributed by atoms with Gasteiger partial charge in [-0.25, -0.2) is 4.79 Å². The largest absolute Gasteiger partial charge is 0.504 e. The highest BCUT2D eigenvalue weighted by Gasteiger charge is 2.29. The molecule has 0 amide bonds. The fourth-order valence-electron chi connectivity index (χ4n) is 3.19. The van der Waals surface area contributed by atoms with E-state index in [0.717, 1.165) is 31.4 Å². The van der Waals surface area contributed by atoms with Gasteiger partial charge in [0.25, 0.3) is 0 Å². The van der Waals surface area contributed by atoms with Crippen molar-refractivity contribution in [3.8, 4) is 11.5 Å². The second kappa shape index (κ2) is 7.64. The van der Waals surface area contributed by atoms with Crippen molar-refractivity contribution in [1.82, 2.24) is 5.32 Å². The van der Waals surface area contributed by atoms with Crippen LogP contribution in [0.3, 0.4) is 0 Å². The van der Waals surface area contributed by atoms with Crippen molar-refractivity contribution >= 4 is 12.0 Å². The van der Waals surface area contributed by atoms with Gasteiger partial charge in [0.15, 0.2) is 11.5 Å². The number of hydrogen-bond acceptors (Lipinski definition) is 5. The van der Waals surface area contributed by atoms with Gasteiger partial charge in [0.1, 0.15) is 6.10 Å². The molecule has 0 radical (unpaired) electrons. The van der Waals surface area contributed by atoms with Crippen LogP contribution in [-0.4, -0.2) is 28.3 Å². The molecular formula is C20H25NO4. The second-order valence-corrected chi connectivity index (χ2v) is 6.95. The lowest BCUT2D eigenvalue weighted by Crippen LogP contribution is -2.30. The lowest BCUT2D eigenvalue weighted by Gasteiger charge is -2.30. The van der Waals surface area contributed by atoms with Crippen LogP contribution in [0.2, 0.25) is 0 Å². The van der Waals surface area contributed by atoms with Crippen LogP contribution >= 0.6 is 0 Å². The number of phenolic OH excluding ortho intramolecular Hbond substituents is 2. The molecule has 5 heteroatoms. The zero-order chi connectivity index (χ0) is 17.8. The van der Waals surface area contributed by atoms with Crippen LogP contribution < -0.4 is 5.32 Å². The SMILES string of the molecule is C=C(NC1CC1)C1CCCC(OC(=O)/C=C/c2ccc(O)c(O)c2)C1. The van der Waals surface area contributed by atoms with Gasteiger partial charge < -0.3 is 20.3 Å². The van der Waals surface area contributed by atoms with Crippen molar-refractivity contribution < 1.29 is 19.7 Å². The summed E-state index contributed by atoms with van der Waals surface area (Å²) >= 11 is 0. The quantitative estimate of drug-likeness (QED) is 0.419. The summed E-state index contributed by atoms with van der Waals surface area (Å²) in [6.45, 7) is 4.15. The molecule has 1 aromatic carbocycles. The third-order valence-corrected chi connectivity index (χ3v) is 4.78. The van der Waals surface area contributed by atoms with Gasteiger partial charge in [-0.3, -0.25) is 0 Å². The number of phenols is 2. The van der Waals surface area contributed by atoms with Gasteiger partial charge in [0, 0.05) is 23.7 Å². The Morgan fingerprint density at radius 2 is 2.00 bits per heavy atom. The molecule has 2 atom stereocenters. The van der Waals surface area contributed by atoms with Crippen molar-refractivity contribution in [2.75, 3.05) is 0 Å². The van der Waals surface area contributed by atoms with E-state index < -0.39 is 0 Å². The molecule has 0 spiro atoms. The fraction of sp³-hybridized carbons (Fsp3) is 0.450. The van der Waals surface area contributed by atoms with Gasteiger partial charge in [0.05, 0.1) is 0 Å². The number of carbonyl (C=O) groups is 1. The highest BCUT2D eigenvalue weighted by Crippen LogP contribution is 2.32. The highest BCUT2D eigenvalue weighted by atomic mass is 16.5. The zero-order valence-electron chi connectivity index (χ0n) is 14.3. The van der Waals surface area contributed by atoms with E-state index in [-0.39, 0.29) is 23.6 Å². The Hall–Kier alpha value is -2.43. The summed E-state index contributed by atoms with van der Waals surface area (Å²) in [6, 6.07) is 4.98. The van der Waals surface area contributed by atoms with E-state index in [9.17, 15) is 15.0 Å². The monoisotopic (exact) mass is 343 g/mol. The third-order valence-electron chi connectivity index (χ3n) is 4.78. The van der Waals surface area contributed by atoms with E-state index in [2.05, 4.69) is 11.9 Å². The lowest BCUT2D eigenvalue weighted by atomic mass is 9.85. The number of hydrogen-bond donors (Lipinski definition) is 3. The first kappa shape index (κ1) is 17.4. The number of ether oxygens (including phenoxy) is 1. The van der Waals surface area contributed by atoms with Crippen LogP contribution in [-0.2, 0) is 9.53 Å². The maximum Gasteiger partial charge on any atom is 0.331 e. The Morgan fingerprint density at radius 1 is 1.20 bits per heavy atom. The standard InChI is InChI=1S/C20H25NO4/c1-13(21-16-7-8-16)15-3-2-4-17(12-15)25-20(24)10-6-14-5-9-18(22)19(23)11-14/h5-6,9-11,15-17,21-23H,1-4,7-8,12H2/b10-6+. The lowest BCUT2D eigenvalue weighted by molar-refractivity contribution is -0.144. The minimum atomic E-state index is -0.390. The number of carbonyl (C=O) groups excluding carboxylic acids is 1. The molecule has 0 aromatic heterocycles. The third kappa shape index (κ3) is 5.02. The number of esters is 1. The molecule has 2 aliphatic carbocycles. The molecule has 0 saturated heterocycles. The van der Waals surface area contributed by atoms with Gasteiger partial charge >= 0.3 is 5.97 Å². The molecule has 2 aliphatic rings. The van der Waals surface area contributed by atoms with Crippen LogP contribution in [0.5, 0.6) is 11.5 Å². The zero-order valence-corrected chi connectivity index (χ0v) is 14.3. The number of aromatic hydroxyl groups is 2. The van der Waals surface area contributed by atoms with Crippen molar-refractivity contribution in [1.29, 1.82) is 0 Å². The van der Waals surface area contributed by atoms with E-state index in [1.807, 2.05) is 0 Å². The van der Waals surface area contributed by atoms with Crippen molar-refractivity contribution in [3.05, 3.63) is 42.1 Å². The summed E-state index contributed by atoms with van der Waals surface area (Å²) in [7, 11) is 0. The van der Waals surface area contributed by atoms with Crippen LogP contribution in [0.15, 0.2) is 36.6 Å². The smallest absolute Gasteiger partial charge is 0.331 e. The molecular weight excluding hydrogens is 318 g/mol. The molecule has 0 bridgehead atoms.